The molecule has 1 aromatic heterocycles. The Morgan fingerprint density at radius 3 is 2.40 bits per heavy atom. The van der Waals surface area contributed by atoms with Gasteiger partial charge < -0.3 is 37.3 Å². The molecule has 0 saturated carbocycles. The number of fused-ring (bicyclic) bond motifs is 1. The number of carbonyl (C=O) groups excluding carboxylic acids is 3. The first kappa shape index (κ1) is 22.8. The zero-order valence-corrected chi connectivity index (χ0v) is 16.3. The van der Waals surface area contributed by atoms with E-state index in [0.717, 1.165) is 16.5 Å². The number of aromatic nitrogens is 1. The van der Waals surface area contributed by atoms with Gasteiger partial charge >= 0.3 is 5.97 Å². The molecule has 3 amide bonds. The van der Waals surface area contributed by atoms with Gasteiger partial charge in [0, 0.05) is 17.1 Å². The van der Waals surface area contributed by atoms with Crippen molar-refractivity contribution in [2.24, 2.45) is 11.5 Å². The number of hydrogen-bond donors (Lipinski definition) is 7. The highest BCUT2D eigenvalue weighted by Crippen LogP contribution is 2.18. The standard InChI is InChI=1S/C19H25N5O6/c1-9(25)16(19(29)30)24-18(28)14(7-15(21)26)23-17(27)12(20)6-10-8-22-13-5-3-2-4-11(10)13/h2-5,8-9,12,14,16,22,25H,6-7,20H2,1H3,(H2,21,26)(H,23,27)(H,24,28)(H,29,30)/t9-,12+,14+,16+/m1/s1. The summed E-state index contributed by atoms with van der Waals surface area (Å²) in [6.07, 6.45) is -0.0817. The van der Waals surface area contributed by atoms with Crippen LogP contribution in [-0.4, -0.2) is 63.1 Å². The Hall–Kier alpha value is -3.44. The number of H-pyrrole nitrogens is 1. The van der Waals surface area contributed by atoms with Crippen molar-refractivity contribution in [1.29, 1.82) is 0 Å². The van der Waals surface area contributed by atoms with Crippen molar-refractivity contribution in [3.63, 3.8) is 0 Å². The van der Waals surface area contributed by atoms with Crippen LogP contribution in [0.5, 0.6) is 0 Å². The van der Waals surface area contributed by atoms with Crippen molar-refractivity contribution < 1.29 is 29.4 Å². The van der Waals surface area contributed by atoms with Gasteiger partial charge in [-0.2, -0.15) is 0 Å². The first-order valence-electron chi connectivity index (χ1n) is 9.20. The first-order valence-corrected chi connectivity index (χ1v) is 9.20. The van der Waals surface area contributed by atoms with E-state index in [-0.39, 0.29) is 6.42 Å². The number of aliphatic carboxylic acids is 1. The van der Waals surface area contributed by atoms with Gasteiger partial charge in [-0.25, -0.2) is 4.79 Å². The number of aliphatic hydroxyl groups is 1. The second kappa shape index (κ2) is 9.85. The maximum absolute atomic E-state index is 12.5. The Morgan fingerprint density at radius 2 is 1.80 bits per heavy atom. The third-order valence-electron chi connectivity index (χ3n) is 4.54. The summed E-state index contributed by atoms with van der Waals surface area (Å²) in [6.45, 7) is 1.18. The van der Waals surface area contributed by atoms with Crippen LogP contribution in [0.15, 0.2) is 30.5 Å². The summed E-state index contributed by atoms with van der Waals surface area (Å²) < 4.78 is 0. The van der Waals surface area contributed by atoms with Crippen LogP contribution < -0.4 is 22.1 Å². The highest BCUT2D eigenvalue weighted by atomic mass is 16.4. The van der Waals surface area contributed by atoms with Crippen LogP contribution in [0.2, 0.25) is 0 Å². The molecule has 1 aromatic carbocycles. The number of carboxylic acid groups (broad SMARTS) is 1. The third kappa shape index (κ3) is 5.78. The number of benzene rings is 1. The Labute approximate surface area is 171 Å². The fourth-order valence-electron chi connectivity index (χ4n) is 2.96. The van der Waals surface area contributed by atoms with E-state index in [2.05, 4.69) is 15.6 Å². The molecule has 0 spiro atoms. The molecule has 0 fully saturated rings. The molecule has 2 aromatic rings. The smallest absolute Gasteiger partial charge is 0.328 e. The maximum Gasteiger partial charge on any atom is 0.328 e. The summed E-state index contributed by atoms with van der Waals surface area (Å²) >= 11 is 0. The maximum atomic E-state index is 12.5. The van der Waals surface area contributed by atoms with E-state index in [4.69, 9.17) is 16.6 Å². The van der Waals surface area contributed by atoms with Crippen molar-refractivity contribution >= 4 is 34.6 Å². The Morgan fingerprint density at radius 1 is 1.13 bits per heavy atom. The summed E-state index contributed by atoms with van der Waals surface area (Å²) in [5.74, 6) is -4.05. The molecule has 0 saturated heterocycles. The van der Waals surface area contributed by atoms with Gasteiger partial charge in [0.05, 0.1) is 18.6 Å². The Bertz CT molecular complexity index is 940. The minimum absolute atomic E-state index is 0.159. The number of nitrogens with one attached hydrogen (secondary N) is 3. The van der Waals surface area contributed by atoms with Crippen molar-refractivity contribution in [2.75, 3.05) is 0 Å². The highest BCUT2D eigenvalue weighted by Gasteiger charge is 2.31. The van der Waals surface area contributed by atoms with Gasteiger partial charge in [-0.3, -0.25) is 14.4 Å². The van der Waals surface area contributed by atoms with E-state index >= 15 is 0 Å². The fourth-order valence-corrected chi connectivity index (χ4v) is 2.96. The monoisotopic (exact) mass is 419 g/mol. The van der Waals surface area contributed by atoms with Gasteiger partial charge in [-0.05, 0) is 25.0 Å². The summed E-state index contributed by atoms with van der Waals surface area (Å²) in [5.41, 5.74) is 12.8. The summed E-state index contributed by atoms with van der Waals surface area (Å²) in [4.78, 5) is 50.4. The van der Waals surface area contributed by atoms with Crippen molar-refractivity contribution in [3.8, 4) is 0 Å². The lowest BCUT2D eigenvalue weighted by Crippen LogP contribution is -2.57. The number of para-hydroxylation sites is 1. The zero-order valence-electron chi connectivity index (χ0n) is 16.3. The quantitative estimate of drug-likeness (QED) is 0.239. The molecular weight excluding hydrogens is 394 g/mol. The average molecular weight is 419 g/mol. The van der Waals surface area contributed by atoms with Gasteiger partial charge in [0.2, 0.25) is 17.7 Å². The number of aromatic amines is 1. The Kier molecular flexibility index (Phi) is 7.50. The van der Waals surface area contributed by atoms with E-state index < -0.39 is 54.3 Å². The van der Waals surface area contributed by atoms with Crippen LogP contribution in [0.25, 0.3) is 10.9 Å². The molecule has 2 rings (SSSR count). The lowest BCUT2D eigenvalue weighted by atomic mass is 10.0. The molecule has 0 aliphatic carbocycles. The lowest BCUT2D eigenvalue weighted by Gasteiger charge is -2.23. The van der Waals surface area contributed by atoms with E-state index in [9.17, 15) is 24.3 Å². The van der Waals surface area contributed by atoms with E-state index in [1.807, 2.05) is 24.3 Å². The molecule has 0 radical (unpaired) electrons. The SMILES string of the molecule is C[C@@H](O)[C@H](NC(=O)[C@H](CC(N)=O)NC(=O)[C@@H](N)Cc1c[nH]c2ccccc12)C(=O)O. The van der Waals surface area contributed by atoms with E-state index in [0.29, 0.717) is 0 Å². The minimum Gasteiger partial charge on any atom is -0.480 e. The largest absolute Gasteiger partial charge is 0.480 e. The molecule has 0 aliphatic heterocycles. The molecule has 11 nitrogen and oxygen atoms in total. The van der Waals surface area contributed by atoms with Crippen LogP contribution >= 0.6 is 0 Å². The van der Waals surface area contributed by atoms with Gasteiger partial charge in [-0.15, -0.1) is 0 Å². The number of hydrogen-bond acceptors (Lipinski definition) is 6. The Balaban J connectivity index is 2.08. The zero-order chi connectivity index (χ0) is 22.4. The first-order chi connectivity index (χ1) is 14.1. The van der Waals surface area contributed by atoms with Crippen LogP contribution in [-0.2, 0) is 25.6 Å². The number of amides is 3. The molecule has 9 N–H and O–H groups in total. The summed E-state index contributed by atoms with van der Waals surface area (Å²) in [7, 11) is 0. The van der Waals surface area contributed by atoms with E-state index in [1.54, 1.807) is 6.20 Å². The molecule has 162 valence electrons. The minimum atomic E-state index is -1.62. The van der Waals surface area contributed by atoms with Crippen molar-refractivity contribution in [1.82, 2.24) is 15.6 Å². The molecule has 11 heteroatoms. The predicted molar refractivity (Wildman–Crippen MR) is 107 cm³/mol. The van der Waals surface area contributed by atoms with Crippen LogP contribution in [0.1, 0.15) is 18.9 Å². The number of carboxylic acids is 1. The molecule has 30 heavy (non-hydrogen) atoms. The molecule has 0 bridgehead atoms. The normalized spacial score (nSPS) is 15.0. The second-order valence-electron chi connectivity index (χ2n) is 6.97. The summed E-state index contributed by atoms with van der Waals surface area (Å²) in [6, 6.07) is 3.35. The van der Waals surface area contributed by atoms with Crippen molar-refractivity contribution in [2.45, 2.75) is 44.0 Å². The fraction of sp³-hybridized carbons (Fsp3) is 0.368. The summed E-state index contributed by atoms with van der Waals surface area (Å²) in [5, 5.41) is 23.9. The van der Waals surface area contributed by atoms with Crippen LogP contribution in [0.4, 0.5) is 0 Å². The molecule has 0 aliphatic rings. The average Bonchev–Trinajstić information content (AvgIpc) is 3.07. The molecule has 1 heterocycles. The second-order valence-corrected chi connectivity index (χ2v) is 6.97. The van der Waals surface area contributed by atoms with Gasteiger partial charge in [-0.1, -0.05) is 18.2 Å². The van der Waals surface area contributed by atoms with Crippen molar-refractivity contribution in [3.05, 3.63) is 36.0 Å². The number of rotatable bonds is 10. The number of nitrogens with two attached hydrogens (primary N) is 2. The molecular formula is C19H25N5O6. The van der Waals surface area contributed by atoms with Gasteiger partial charge in [0.15, 0.2) is 6.04 Å². The highest BCUT2D eigenvalue weighted by molar-refractivity contribution is 5.95. The van der Waals surface area contributed by atoms with Gasteiger partial charge in [0.25, 0.3) is 0 Å². The number of carbonyl (C=O) groups is 4. The lowest BCUT2D eigenvalue weighted by molar-refractivity contribution is -0.145. The van der Waals surface area contributed by atoms with Crippen LogP contribution in [0.3, 0.4) is 0 Å². The topological polar surface area (TPSA) is 201 Å². The molecule has 4 atom stereocenters. The predicted octanol–water partition coefficient (Wildman–Crippen LogP) is -1.65. The third-order valence-corrected chi connectivity index (χ3v) is 4.54. The van der Waals surface area contributed by atoms with E-state index in [1.165, 1.54) is 6.92 Å². The molecule has 0 unspecified atom stereocenters. The van der Waals surface area contributed by atoms with Crippen LogP contribution in [0, 0.1) is 0 Å². The van der Waals surface area contributed by atoms with Gasteiger partial charge in [0.1, 0.15) is 6.04 Å². The number of aliphatic hydroxyl groups excluding tert-OH is 1. The number of primary amides is 1.